The molecule has 1 fully saturated rings. The summed E-state index contributed by atoms with van der Waals surface area (Å²) in [7, 11) is 0. The highest BCUT2D eigenvalue weighted by Crippen LogP contribution is 2.44. The van der Waals surface area contributed by atoms with Crippen LogP contribution in [0.5, 0.6) is 11.5 Å². The molecule has 1 aromatic heterocycles. The molecule has 1 saturated carbocycles. The van der Waals surface area contributed by atoms with Crippen LogP contribution in [0.2, 0.25) is 0 Å². The molecule has 0 N–H and O–H groups in total. The Morgan fingerprint density at radius 2 is 2.04 bits per heavy atom. The van der Waals surface area contributed by atoms with Gasteiger partial charge in [-0.1, -0.05) is 0 Å². The normalized spacial score (nSPS) is 21.0. The molecule has 0 atom stereocenters. The number of carbonyl (C=O) groups is 1. The molecule has 3 heterocycles. The van der Waals surface area contributed by atoms with Crippen LogP contribution in [0.1, 0.15) is 45.8 Å². The standard InChI is InChI=1S/C20H19NO4/c1-11-3-6-15(24-11)8-17-18(22)16-7-13-9-21(14-4-5-14)10-23-19(13)12(2)20(16)25-17/h3,6-8,14H,4-5,9-10H2,1-2H3/b17-8-. The Morgan fingerprint density at radius 1 is 1.20 bits per heavy atom. The quantitative estimate of drug-likeness (QED) is 0.780. The molecule has 0 amide bonds. The molecule has 0 bridgehead atoms. The van der Waals surface area contributed by atoms with Gasteiger partial charge in [0.05, 0.1) is 5.56 Å². The predicted molar refractivity (Wildman–Crippen MR) is 91.6 cm³/mol. The Labute approximate surface area is 145 Å². The van der Waals surface area contributed by atoms with Gasteiger partial charge in [0.15, 0.2) is 5.76 Å². The van der Waals surface area contributed by atoms with Gasteiger partial charge in [-0.15, -0.1) is 0 Å². The number of hydrogen-bond acceptors (Lipinski definition) is 5. The van der Waals surface area contributed by atoms with Crippen LogP contribution in [-0.2, 0) is 6.54 Å². The molecule has 0 spiro atoms. The van der Waals surface area contributed by atoms with Crippen molar-refractivity contribution in [3.63, 3.8) is 0 Å². The molecular weight excluding hydrogens is 318 g/mol. The van der Waals surface area contributed by atoms with Crippen molar-refractivity contribution < 1.29 is 18.7 Å². The lowest BCUT2D eigenvalue weighted by Gasteiger charge is -2.30. The van der Waals surface area contributed by atoms with Crippen molar-refractivity contribution in [1.82, 2.24) is 4.90 Å². The number of ether oxygens (including phenoxy) is 2. The van der Waals surface area contributed by atoms with E-state index in [-0.39, 0.29) is 5.78 Å². The van der Waals surface area contributed by atoms with E-state index in [9.17, 15) is 4.79 Å². The molecule has 5 rings (SSSR count). The van der Waals surface area contributed by atoms with Gasteiger partial charge in [0.1, 0.15) is 29.8 Å². The van der Waals surface area contributed by atoms with E-state index in [4.69, 9.17) is 13.9 Å². The van der Waals surface area contributed by atoms with Crippen LogP contribution < -0.4 is 9.47 Å². The number of carbonyl (C=O) groups excluding carboxylic acids is 1. The van der Waals surface area contributed by atoms with Crippen LogP contribution in [0.3, 0.4) is 0 Å². The van der Waals surface area contributed by atoms with Crippen LogP contribution in [-0.4, -0.2) is 23.5 Å². The van der Waals surface area contributed by atoms with E-state index in [1.807, 2.05) is 32.0 Å². The van der Waals surface area contributed by atoms with E-state index in [1.54, 1.807) is 6.08 Å². The van der Waals surface area contributed by atoms with E-state index in [1.165, 1.54) is 12.8 Å². The lowest BCUT2D eigenvalue weighted by molar-refractivity contribution is 0.0872. The molecule has 25 heavy (non-hydrogen) atoms. The summed E-state index contributed by atoms with van der Waals surface area (Å²) in [5, 5.41) is 0. The van der Waals surface area contributed by atoms with E-state index >= 15 is 0 Å². The van der Waals surface area contributed by atoms with Crippen LogP contribution >= 0.6 is 0 Å². The summed E-state index contributed by atoms with van der Waals surface area (Å²) in [6.45, 7) is 5.27. The van der Waals surface area contributed by atoms with E-state index in [0.29, 0.717) is 35.6 Å². The number of rotatable bonds is 2. The molecule has 1 aliphatic carbocycles. The Balaban J connectivity index is 1.52. The topological polar surface area (TPSA) is 51.9 Å². The number of ketones is 1. The second-order valence-electron chi connectivity index (χ2n) is 7.01. The number of fused-ring (bicyclic) bond motifs is 2. The second kappa shape index (κ2) is 5.23. The maximum absolute atomic E-state index is 12.8. The van der Waals surface area contributed by atoms with E-state index in [2.05, 4.69) is 4.90 Å². The second-order valence-corrected chi connectivity index (χ2v) is 7.01. The minimum absolute atomic E-state index is 0.0986. The van der Waals surface area contributed by atoms with E-state index < -0.39 is 0 Å². The first-order valence-electron chi connectivity index (χ1n) is 8.64. The lowest BCUT2D eigenvalue weighted by Crippen LogP contribution is -2.34. The van der Waals surface area contributed by atoms with Gasteiger partial charge in [0, 0.05) is 29.8 Å². The fourth-order valence-electron chi connectivity index (χ4n) is 3.60. The monoisotopic (exact) mass is 337 g/mol. The molecule has 5 heteroatoms. The number of benzene rings is 1. The number of aryl methyl sites for hydroxylation is 1. The number of furan rings is 1. The molecule has 5 nitrogen and oxygen atoms in total. The molecule has 3 aliphatic rings. The summed E-state index contributed by atoms with van der Waals surface area (Å²) in [4.78, 5) is 15.1. The minimum Gasteiger partial charge on any atom is -0.477 e. The average Bonchev–Trinajstić information content (AvgIpc) is 3.31. The smallest absolute Gasteiger partial charge is 0.232 e. The molecular formula is C20H19NO4. The Kier molecular flexibility index (Phi) is 3.09. The number of allylic oxidation sites excluding steroid dienone is 1. The predicted octanol–water partition coefficient (Wildman–Crippen LogP) is 3.83. The van der Waals surface area contributed by atoms with Crippen LogP contribution in [0, 0.1) is 13.8 Å². The Morgan fingerprint density at radius 3 is 2.76 bits per heavy atom. The number of hydrogen-bond donors (Lipinski definition) is 0. The molecule has 0 saturated heterocycles. The number of Topliss-reactive ketones (excluding diaryl/α,β-unsaturated/α-hetero) is 1. The highest BCUT2D eigenvalue weighted by Gasteiger charge is 2.36. The summed E-state index contributed by atoms with van der Waals surface area (Å²) in [5.41, 5.74) is 2.59. The van der Waals surface area contributed by atoms with Gasteiger partial charge >= 0.3 is 0 Å². The van der Waals surface area contributed by atoms with Gasteiger partial charge < -0.3 is 13.9 Å². The van der Waals surface area contributed by atoms with Gasteiger partial charge in [-0.25, -0.2) is 0 Å². The highest BCUT2D eigenvalue weighted by atomic mass is 16.5. The zero-order valence-corrected chi connectivity index (χ0v) is 14.3. The molecule has 1 aromatic carbocycles. The first-order chi connectivity index (χ1) is 12.1. The van der Waals surface area contributed by atoms with Crippen molar-refractivity contribution in [2.45, 2.75) is 39.3 Å². The van der Waals surface area contributed by atoms with Gasteiger partial charge in [-0.2, -0.15) is 0 Å². The molecule has 0 unspecified atom stereocenters. The van der Waals surface area contributed by atoms with Crippen molar-refractivity contribution in [2.75, 3.05) is 6.73 Å². The molecule has 2 aliphatic heterocycles. The first-order valence-corrected chi connectivity index (χ1v) is 8.64. The maximum Gasteiger partial charge on any atom is 0.232 e. The minimum atomic E-state index is -0.0986. The lowest BCUT2D eigenvalue weighted by atomic mass is 10.00. The summed E-state index contributed by atoms with van der Waals surface area (Å²) >= 11 is 0. The molecule has 0 radical (unpaired) electrons. The van der Waals surface area contributed by atoms with E-state index in [0.717, 1.165) is 29.2 Å². The van der Waals surface area contributed by atoms with Crippen LogP contribution in [0.15, 0.2) is 28.4 Å². The highest BCUT2D eigenvalue weighted by molar-refractivity contribution is 6.15. The van der Waals surface area contributed by atoms with Gasteiger partial charge in [0.25, 0.3) is 0 Å². The van der Waals surface area contributed by atoms with Gasteiger partial charge in [-0.05, 0) is 44.9 Å². The SMILES string of the molecule is Cc1ccc(/C=C2\Oc3c(cc4c(c3C)OCN(C3CC3)C4)C2=O)o1. The summed E-state index contributed by atoms with van der Waals surface area (Å²) in [6.07, 6.45) is 4.13. The van der Waals surface area contributed by atoms with Crippen LogP contribution in [0.25, 0.3) is 6.08 Å². The van der Waals surface area contributed by atoms with Crippen molar-refractivity contribution in [2.24, 2.45) is 0 Å². The van der Waals surface area contributed by atoms with Gasteiger partial charge in [-0.3, -0.25) is 9.69 Å². The molecule has 128 valence electrons. The summed E-state index contributed by atoms with van der Waals surface area (Å²) in [5.74, 6) is 3.09. The summed E-state index contributed by atoms with van der Waals surface area (Å²) in [6, 6.07) is 6.26. The van der Waals surface area contributed by atoms with Crippen molar-refractivity contribution in [3.8, 4) is 11.5 Å². The largest absolute Gasteiger partial charge is 0.477 e. The number of nitrogens with zero attached hydrogens (tertiary/aromatic N) is 1. The summed E-state index contributed by atoms with van der Waals surface area (Å²) < 4.78 is 17.4. The van der Waals surface area contributed by atoms with Crippen molar-refractivity contribution in [1.29, 1.82) is 0 Å². The zero-order valence-electron chi connectivity index (χ0n) is 14.3. The van der Waals surface area contributed by atoms with Gasteiger partial charge in [0.2, 0.25) is 5.78 Å². The van der Waals surface area contributed by atoms with Crippen molar-refractivity contribution >= 4 is 11.9 Å². The fraction of sp³-hybridized carbons (Fsp3) is 0.350. The first kappa shape index (κ1) is 14.8. The Bertz CT molecular complexity index is 920. The fourth-order valence-corrected chi connectivity index (χ4v) is 3.60. The average molecular weight is 337 g/mol. The van der Waals surface area contributed by atoms with Crippen LogP contribution in [0.4, 0.5) is 0 Å². The zero-order chi connectivity index (χ0) is 17.1. The third-order valence-electron chi connectivity index (χ3n) is 5.06. The third kappa shape index (κ3) is 2.38. The maximum atomic E-state index is 12.8. The Hall–Kier alpha value is -2.53. The molecule has 2 aromatic rings. The van der Waals surface area contributed by atoms with Crippen molar-refractivity contribution in [3.05, 3.63) is 52.2 Å². The third-order valence-corrected chi connectivity index (χ3v) is 5.06.